The summed E-state index contributed by atoms with van der Waals surface area (Å²) in [5.74, 6) is 0.185. The molecule has 0 aliphatic rings. The quantitative estimate of drug-likeness (QED) is 0.525. The van der Waals surface area contributed by atoms with Crippen molar-refractivity contribution >= 4 is 23.6 Å². The van der Waals surface area contributed by atoms with Crippen LogP contribution in [0.2, 0.25) is 0 Å². The first-order chi connectivity index (χ1) is 14.4. The van der Waals surface area contributed by atoms with E-state index in [1.165, 1.54) is 25.5 Å². The Bertz CT molecular complexity index is 818. The molecule has 0 saturated heterocycles. The van der Waals surface area contributed by atoms with Crippen LogP contribution in [0.3, 0.4) is 0 Å². The monoisotopic (exact) mass is 442 g/mol. The molecule has 7 nitrogen and oxygen atoms in total. The number of carbonyl (C=O) groups is 2. The second-order valence-electron chi connectivity index (χ2n) is 6.19. The number of hydrogen-bond donors (Lipinski definition) is 2. The van der Waals surface area contributed by atoms with Crippen molar-refractivity contribution < 1.29 is 32.3 Å². The highest BCUT2D eigenvalue weighted by Crippen LogP contribution is 2.29. The zero-order valence-electron chi connectivity index (χ0n) is 16.7. The molecule has 1 atom stereocenters. The van der Waals surface area contributed by atoms with Crippen molar-refractivity contribution in [2.24, 2.45) is 0 Å². The number of carbonyl (C=O) groups excluding carboxylic acids is 2. The summed E-state index contributed by atoms with van der Waals surface area (Å²) in [6.45, 7) is -2.65. The first-order valence-electron chi connectivity index (χ1n) is 9.17. The largest absolute Gasteiger partial charge is 0.493 e. The van der Waals surface area contributed by atoms with Crippen LogP contribution in [0, 0.1) is 0 Å². The Morgan fingerprint density at radius 3 is 2.67 bits per heavy atom. The first kappa shape index (κ1) is 23.5. The lowest BCUT2D eigenvalue weighted by molar-refractivity contribution is -0.123. The number of amides is 2. The number of alkyl halides is 2. The van der Waals surface area contributed by atoms with Crippen molar-refractivity contribution in [2.45, 2.75) is 25.5 Å². The van der Waals surface area contributed by atoms with Crippen LogP contribution in [0.15, 0.2) is 41.0 Å². The lowest BCUT2D eigenvalue weighted by atomic mass is 10.1. The molecule has 0 saturated carbocycles. The molecule has 0 radical (unpaired) electrons. The summed E-state index contributed by atoms with van der Waals surface area (Å²) in [6, 6.07) is 7.01. The molecule has 2 rings (SSSR count). The fraction of sp³-hybridized carbons (Fsp3) is 0.400. The molecule has 2 aromatic rings. The number of nitrogens with one attached hydrogen (secondary N) is 2. The molecule has 0 aliphatic carbocycles. The van der Waals surface area contributed by atoms with Gasteiger partial charge in [0.05, 0.1) is 13.4 Å². The maximum atomic E-state index is 12.5. The van der Waals surface area contributed by atoms with Crippen LogP contribution in [-0.2, 0) is 11.2 Å². The summed E-state index contributed by atoms with van der Waals surface area (Å²) < 4.78 is 39.3. The Kier molecular flexibility index (Phi) is 9.46. The Balaban J connectivity index is 1.92. The summed E-state index contributed by atoms with van der Waals surface area (Å²) in [5.41, 5.74) is 0.772. The molecule has 0 aliphatic heterocycles. The molecule has 0 spiro atoms. The molecule has 30 heavy (non-hydrogen) atoms. The zero-order valence-corrected chi connectivity index (χ0v) is 17.5. The molecule has 2 amide bonds. The number of thioether (sulfide) groups is 1. The minimum absolute atomic E-state index is 0.0574. The summed E-state index contributed by atoms with van der Waals surface area (Å²) in [6.07, 6.45) is 4.21. The van der Waals surface area contributed by atoms with E-state index in [0.29, 0.717) is 25.1 Å². The van der Waals surface area contributed by atoms with E-state index in [0.717, 1.165) is 5.56 Å². The van der Waals surface area contributed by atoms with Crippen molar-refractivity contribution in [2.75, 3.05) is 25.7 Å². The van der Waals surface area contributed by atoms with Gasteiger partial charge in [0.2, 0.25) is 5.91 Å². The molecule has 1 heterocycles. The van der Waals surface area contributed by atoms with E-state index in [2.05, 4.69) is 15.4 Å². The number of methoxy groups -OCH3 is 1. The number of furan rings is 1. The summed E-state index contributed by atoms with van der Waals surface area (Å²) in [7, 11) is 1.36. The number of rotatable bonds is 12. The second kappa shape index (κ2) is 12.1. The maximum Gasteiger partial charge on any atom is 0.387 e. The van der Waals surface area contributed by atoms with E-state index in [9.17, 15) is 18.4 Å². The molecule has 0 unspecified atom stereocenters. The minimum Gasteiger partial charge on any atom is -0.493 e. The number of hydrogen-bond acceptors (Lipinski definition) is 6. The summed E-state index contributed by atoms with van der Waals surface area (Å²) in [4.78, 5) is 24.7. The van der Waals surface area contributed by atoms with Gasteiger partial charge in [-0.3, -0.25) is 9.59 Å². The van der Waals surface area contributed by atoms with Crippen LogP contribution in [0.25, 0.3) is 0 Å². The number of halogens is 2. The molecule has 0 bridgehead atoms. The lowest BCUT2D eigenvalue weighted by Crippen LogP contribution is -2.47. The summed E-state index contributed by atoms with van der Waals surface area (Å²) in [5, 5.41) is 5.47. The average Bonchev–Trinajstić information content (AvgIpc) is 3.26. The Hall–Kier alpha value is -2.75. The van der Waals surface area contributed by atoms with E-state index >= 15 is 0 Å². The second-order valence-corrected chi connectivity index (χ2v) is 7.18. The highest BCUT2D eigenvalue weighted by Gasteiger charge is 2.22. The SMILES string of the molecule is COc1cc(CCNC(=O)[C@H](CCSC)NC(=O)c2ccco2)ccc1OC(F)F. The predicted octanol–water partition coefficient (Wildman–Crippen LogP) is 3.10. The third-order valence-electron chi connectivity index (χ3n) is 4.13. The van der Waals surface area contributed by atoms with Gasteiger partial charge in [0.1, 0.15) is 6.04 Å². The van der Waals surface area contributed by atoms with E-state index in [1.54, 1.807) is 30.0 Å². The third-order valence-corrected chi connectivity index (χ3v) is 4.78. The van der Waals surface area contributed by atoms with Gasteiger partial charge in [-0.15, -0.1) is 0 Å². The molecule has 1 aromatic heterocycles. The molecular weight excluding hydrogens is 418 g/mol. The fourth-order valence-corrected chi connectivity index (χ4v) is 3.13. The normalized spacial score (nSPS) is 11.8. The molecular formula is C20H24F2N2O5S. The highest BCUT2D eigenvalue weighted by atomic mass is 32.2. The Morgan fingerprint density at radius 1 is 1.23 bits per heavy atom. The van der Waals surface area contributed by atoms with E-state index in [1.807, 2.05) is 6.26 Å². The first-order valence-corrected chi connectivity index (χ1v) is 10.6. The minimum atomic E-state index is -2.95. The van der Waals surface area contributed by atoms with Crippen molar-refractivity contribution in [3.8, 4) is 11.5 Å². The maximum absolute atomic E-state index is 12.5. The highest BCUT2D eigenvalue weighted by molar-refractivity contribution is 7.98. The lowest BCUT2D eigenvalue weighted by Gasteiger charge is -2.18. The van der Waals surface area contributed by atoms with Gasteiger partial charge in [0.15, 0.2) is 17.3 Å². The van der Waals surface area contributed by atoms with Gasteiger partial charge in [0, 0.05) is 6.54 Å². The smallest absolute Gasteiger partial charge is 0.387 e. The van der Waals surface area contributed by atoms with Gasteiger partial charge >= 0.3 is 6.61 Å². The van der Waals surface area contributed by atoms with Crippen LogP contribution < -0.4 is 20.1 Å². The van der Waals surface area contributed by atoms with Crippen LogP contribution >= 0.6 is 11.8 Å². The Labute approximate surface area is 177 Å². The van der Waals surface area contributed by atoms with Crippen molar-refractivity contribution in [3.05, 3.63) is 47.9 Å². The van der Waals surface area contributed by atoms with E-state index < -0.39 is 18.6 Å². The molecule has 164 valence electrons. The van der Waals surface area contributed by atoms with Crippen LogP contribution in [0.4, 0.5) is 8.78 Å². The third kappa shape index (κ3) is 7.25. The van der Waals surface area contributed by atoms with Crippen LogP contribution in [-0.4, -0.2) is 50.1 Å². The van der Waals surface area contributed by atoms with Crippen molar-refractivity contribution in [1.82, 2.24) is 10.6 Å². The van der Waals surface area contributed by atoms with Gasteiger partial charge in [-0.1, -0.05) is 6.07 Å². The van der Waals surface area contributed by atoms with Crippen LogP contribution in [0.5, 0.6) is 11.5 Å². The average molecular weight is 442 g/mol. The van der Waals surface area contributed by atoms with Gasteiger partial charge in [-0.05, 0) is 54.7 Å². The topological polar surface area (TPSA) is 89.8 Å². The molecule has 10 heteroatoms. The van der Waals surface area contributed by atoms with E-state index in [-0.39, 0.29) is 23.2 Å². The fourth-order valence-electron chi connectivity index (χ4n) is 2.66. The van der Waals surface area contributed by atoms with Gasteiger partial charge < -0.3 is 24.5 Å². The van der Waals surface area contributed by atoms with E-state index in [4.69, 9.17) is 9.15 Å². The van der Waals surface area contributed by atoms with Crippen molar-refractivity contribution in [1.29, 1.82) is 0 Å². The van der Waals surface area contributed by atoms with Gasteiger partial charge in [0.25, 0.3) is 5.91 Å². The van der Waals surface area contributed by atoms with Crippen molar-refractivity contribution in [3.63, 3.8) is 0 Å². The molecule has 1 aromatic carbocycles. The standard InChI is InChI=1S/C20H24F2N2O5S/c1-27-17-12-13(5-6-15(17)29-20(21)22)7-9-23-18(25)14(8-11-30-2)24-19(26)16-4-3-10-28-16/h3-6,10,12,14,20H,7-9,11H2,1-2H3,(H,23,25)(H,24,26)/t14-/m0/s1. The summed E-state index contributed by atoms with van der Waals surface area (Å²) >= 11 is 1.57. The Morgan fingerprint density at radius 2 is 2.03 bits per heavy atom. The molecule has 0 fully saturated rings. The zero-order chi connectivity index (χ0) is 21.9. The van der Waals surface area contributed by atoms with Gasteiger partial charge in [-0.2, -0.15) is 20.5 Å². The van der Waals surface area contributed by atoms with Gasteiger partial charge in [-0.25, -0.2) is 0 Å². The molecule has 2 N–H and O–H groups in total. The predicted molar refractivity (Wildman–Crippen MR) is 109 cm³/mol. The van der Waals surface area contributed by atoms with Crippen LogP contribution in [0.1, 0.15) is 22.5 Å². The number of benzene rings is 1. The number of ether oxygens (including phenoxy) is 2.